The van der Waals surface area contributed by atoms with E-state index in [0.29, 0.717) is 24.0 Å². The van der Waals surface area contributed by atoms with Gasteiger partial charge >= 0.3 is 223 Å². The molecule has 2 aromatic rings. The summed E-state index contributed by atoms with van der Waals surface area (Å²) in [6.45, 7) is 7.33. The zero-order chi connectivity index (χ0) is 26.8. The molecule has 0 saturated heterocycles. The maximum atomic E-state index is 13.0. The Morgan fingerprint density at radius 1 is 0.694 bits per heavy atom. The number of carboxylic acids is 2. The fourth-order valence-corrected chi connectivity index (χ4v) is 10.5. The minimum atomic E-state index is -1.07. The third-order valence-corrected chi connectivity index (χ3v) is 13.3. The molecule has 2 rings (SSSR count). The van der Waals surface area contributed by atoms with Crippen molar-refractivity contribution in [3.05, 3.63) is 59.7 Å². The van der Waals surface area contributed by atoms with Crippen LogP contribution in [0.5, 0.6) is 0 Å². The monoisotopic (exact) mass is 628 g/mol. The quantitative estimate of drug-likeness (QED) is 0.249. The van der Waals surface area contributed by atoms with Gasteiger partial charge in [-0.05, 0) is 0 Å². The molecule has 36 heavy (non-hydrogen) atoms. The second-order valence-corrected chi connectivity index (χ2v) is 14.7. The number of amides is 2. The number of benzene rings is 2. The average molecular weight is 626 g/mol. The van der Waals surface area contributed by atoms with E-state index in [1.54, 1.807) is 38.1 Å². The second-order valence-electron chi connectivity index (χ2n) is 8.51. The van der Waals surface area contributed by atoms with Gasteiger partial charge in [-0.2, -0.15) is 0 Å². The van der Waals surface area contributed by atoms with Crippen LogP contribution in [0.25, 0.3) is 0 Å². The predicted octanol–water partition coefficient (Wildman–Crippen LogP) is 1.42. The van der Waals surface area contributed by atoms with Crippen molar-refractivity contribution in [3.8, 4) is 0 Å². The molecule has 0 heterocycles. The zero-order valence-electron chi connectivity index (χ0n) is 20.7. The van der Waals surface area contributed by atoms with Crippen LogP contribution < -0.4 is 19.6 Å². The summed E-state index contributed by atoms with van der Waals surface area (Å²) in [6.07, 6.45) is 1.23. The van der Waals surface area contributed by atoms with Crippen molar-refractivity contribution >= 4 is 58.9 Å². The number of carbonyl (C=O) groups excluding carboxylic acids is 2. The van der Waals surface area contributed by atoms with Crippen molar-refractivity contribution in [2.75, 3.05) is 0 Å². The van der Waals surface area contributed by atoms with Gasteiger partial charge in [0, 0.05) is 0 Å². The van der Waals surface area contributed by atoms with Gasteiger partial charge in [-0.15, -0.1) is 0 Å². The summed E-state index contributed by atoms with van der Waals surface area (Å²) in [6, 6.07) is 12.2. The topological polar surface area (TPSA) is 133 Å². The van der Waals surface area contributed by atoms with E-state index in [2.05, 4.69) is 10.6 Å². The molecule has 0 bridgehead atoms. The summed E-state index contributed by atoms with van der Waals surface area (Å²) in [7, 11) is 0. The molecule has 0 radical (unpaired) electrons. The van der Waals surface area contributed by atoms with Gasteiger partial charge < -0.3 is 0 Å². The molecular formula is C26H32N2O6Se2. The first kappa shape index (κ1) is 29.6. The Labute approximate surface area is 222 Å². The third-order valence-electron chi connectivity index (χ3n) is 6.02. The van der Waals surface area contributed by atoms with Crippen LogP contribution in [0.15, 0.2) is 48.5 Å². The normalized spacial score (nSPS) is 14.2. The molecule has 2 amide bonds. The van der Waals surface area contributed by atoms with Crippen LogP contribution in [0.3, 0.4) is 0 Å². The van der Waals surface area contributed by atoms with Crippen molar-refractivity contribution in [2.45, 2.75) is 52.6 Å². The Bertz CT molecular complexity index is 1010. The van der Waals surface area contributed by atoms with Crippen molar-refractivity contribution in [1.82, 2.24) is 10.6 Å². The Kier molecular flexibility index (Phi) is 11.7. The molecule has 10 heteroatoms. The molecule has 2 aromatic carbocycles. The minimum absolute atomic E-state index is 0.185. The predicted molar refractivity (Wildman–Crippen MR) is 140 cm³/mol. The van der Waals surface area contributed by atoms with Gasteiger partial charge in [0.15, 0.2) is 0 Å². The first-order valence-corrected chi connectivity index (χ1v) is 17.7. The van der Waals surface area contributed by atoms with Gasteiger partial charge in [0.1, 0.15) is 0 Å². The van der Waals surface area contributed by atoms with Crippen LogP contribution >= 0.6 is 0 Å². The Morgan fingerprint density at radius 3 is 1.33 bits per heavy atom. The first-order chi connectivity index (χ1) is 17.1. The van der Waals surface area contributed by atoms with E-state index in [1.165, 1.54) is 0 Å². The third kappa shape index (κ3) is 7.93. The molecule has 4 N–H and O–H groups in total. The van der Waals surface area contributed by atoms with E-state index in [4.69, 9.17) is 0 Å². The summed E-state index contributed by atoms with van der Waals surface area (Å²) in [5, 5.41) is 24.4. The molecular weight excluding hydrogens is 594 g/mol. The summed E-state index contributed by atoms with van der Waals surface area (Å²) < 4.78 is 1.63. The van der Waals surface area contributed by atoms with E-state index in [9.17, 15) is 29.4 Å². The van der Waals surface area contributed by atoms with Crippen molar-refractivity contribution in [1.29, 1.82) is 0 Å². The SMILES string of the molecule is CC[C@H](C)[C@H](NC(=O)c1ccccc1[Se][Se]c1ccccc1C(=O)N[C@H](C(=O)O)[C@@H](C)CC)C(=O)O. The van der Waals surface area contributed by atoms with Crippen molar-refractivity contribution < 1.29 is 29.4 Å². The molecule has 0 aromatic heterocycles. The second kappa shape index (κ2) is 14.2. The van der Waals surface area contributed by atoms with E-state index in [-0.39, 0.29) is 38.1 Å². The number of carbonyl (C=O) groups is 4. The van der Waals surface area contributed by atoms with Gasteiger partial charge in [-0.1, -0.05) is 0 Å². The fraction of sp³-hybridized carbons (Fsp3) is 0.385. The van der Waals surface area contributed by atoms with Gasteiger partial charge in [0.25, 0.3) is 0 Å². The number of nitrogens with one attached hydrogen (secondary N) is 2. The van der Waals surface area contributed by atoms with E-state index >= 15 is 0 Å². The van der Waals surface area contributed by atoms with Gasteiger partial charge in [0.2, 0.25) is 0 Å². The number of carboxylic acid groups (broad SMARTS) is 2. The Balaban J connectivity index is 2.22. The fourth-order valence-electron chi connectivity index (χ4n) is 3.35. The summed E-state index contributed by atoms with van der Waals surface area (Å²) in [5.74, 6) is -3.43. The van der Waals surface area contributed by atoms with E-state index in [1.807, 2.05) is 38.1 Å². The van der Waals surface area contributed by atoms with E-state index in [0.717, 1.165) is 8.92 Å². The molecule has 194 valence electrons. The molecule has 0 aliphatic carbocycles. The molecule has 0 spiro atoms. The number of rotatable bonds is 13. The molecule has 0 fully saturated rings. The van der Waals surface area contributed by atoms with Crippen LogP contribution in [0.4, 0.5) is 0 Å². The Morgan fingerprint density at radius 2 is 1.03 bits per heavy atom. The van der Waals surface area contributed by atoms with Gasteiger partial charge in [0.05, 0.1) is 0 Å². The summed E-state index contributed by atoms with van der Waals surface area (Å²) in [5.41, 5.74) is 0.858. The molecule has 0 aliphatic rings. The van der Waals surface area contributed by atoms with Crippen molar-refractivity contribution in [3.63, 3.8) is 0 Å². The number of hydrogen-bond donors (Lipinski definition) is 4. The van der Waals surface area contributed by atoms with Crippen LogP contribution in [-0.2, 0) is 9.59 Å². The zero-order valence-corrected chi connectivity index (χ0v) is 24.1. The molecule has 4 atom stereocenters. The van der Waals surface area contributed by atoms with Gasteiger partial charge in [-0.25, -0.2) is 0 Å². The summed E-state index contributed by atoms with van der Waals surface area (Å²) >= 11 is -0.370. The van der Waals surface area contributed by atoms with Crippen LogP contribution in [0.2, 0.25) is 0 Å². The maximum absolute atomic E-state index is 13.0. The number of hydrogen-bond acceptors (Lipinski definition) is 4. The standard InChI is InChI=1S/C26H32N2O6Se2/c1-5-15(3)21(25(31)32)27-23(29)17-11-7-9-13-19(17)35-36-20-14-10-8-12-18(20)24(30)28-22(26(33)34)16(4)6-2/h7-16,21-22H,5-6H2,1-4H3,(H,27,29)(H,28,30)(H,31,32)(H,33,34)/t15-,16-,21-,22-/m0/s1. The van der Waals surface area contributed by atoms with E-state index < -0.39 is 35.8 Å². The molecule has 8 nitrogen and oxygen atoms in total. The van der Waals surface area contributed by atoms with Crippen LogP contribution in [-0.4, -0.2) is 72.3 Å². The molecule has 0 unspecified atom stereocenters. The van der Waals surface area contributed by atoms with Crippen LogP contribution in [0.1, 0.15) is 61.3 Å². The van der Waals surface area contributed by atoms with Crippen LogP contribution in [0, 0.1) is 11.8 Å². The molecule has 0 saturated carbocycles. The Hall–Kier alpha value is -2.64. The molecule has 0 aliphatic heterocycles. The first-order valence-electron chi connectivity index (χ1n) is 11.7. The average Bonchev–Trinajstić information content (AvgIpc) is 2.87. The number of aliphatic carboxylic acids is 2. The van der Waals surface area contributed by atoms with Gasteiger partial charge in [-0.3, -0.25) is 0 Å². The van der Waals surface area contributed by atoms with Crippen molar-refractivity contribution in [2.24, 2.45) is 11.8 Å². The summed E-state index contributed by atoms with van der Waals surface area (Å²) in [4.78, 5) is 49.3.